The van der Waals surface area contributed by atoms with Crippen LogP contribution in [0, 0.1) is 6.92 Å². The standard InChI is InChI=1S/C17H17N3O3S/c1-12-6-2-3-7-13(12)19-17(21)11-10-16-18-14-8-4-5-9-15(14)24(22,23)20-16/h2-9H,10-11H2,1H3,(H,18,20)(H,19,21). The molecule has 0 saturated heterocycles. The van der Waals surface area contributed by atoms with Crippen LogP contribution in [0.15, 0.2) is 57.8 Å². The van der Waals surface area contributed by atoms with Crippen LogP contribution < -0.4 is 10.6 Å². The number of fused-ring (bicyclic) bond motifs is 1. The minimum Gasteiger partial charge on any atom is -0.342 e. The monoisotopic (exact) mass is 343 g/mol. The Morgan fingerprint density at radius 1 is 1.12 bits per heavy atom. The van der Waals surface area contributed by atoms with Crippen LogP contribution in [0.3, 0.4) is 0 Å². The summed E-state index contributed by atoms with van der Waals surface area (Å²) in [5.41, 5.74) is 2.20. The molecule has 2 aromatic carbocycles. The molecule has 124 valence electrons. The fourth-order valence-electron chi connectivity index (χ4n) is 2.43. The SMILES string of the molecule is Cc1ccccc1NC(=O)CCC1=NS(=O)(=O)c2ccccc2N1. The van der Waals surface area contributed by atoms with Gasteiger partial charge in [0.25, 0.3) is 10.0 Å². The van der Waals surface area contributed by atoms with E-state index in [0.717, 1.165) is 11.3 Å². The molecule has 0 aliphatic carbocycles. The lowest BCUT2D eigenvalue weighted by Gasteiger charge is -2.17. The summed E-state index contributed by atoms with van der Waals surface area (Å²) in [4.78, 5) is 12.2. The van der Waals surface area contributed by atoms with Crippen LogP contribution in [0.4, 0.5) is 11.4 Å². The van der Waals surface area contributed by atoms with Crippen molar-refractivity contribution >= 4 is 33.1 Å². The van der Waals surface area contributed by atoms with Gasteiger partial charge in [0, 0.05) is 18.5 Å². The summed E-state index contributed by atoms with van der Waals surface area (Å²) in [6.45, 7) is 1.91. The Bertz CT molecular complexity index is 920. The lowest BCUT2D eigenvalue weighted by atomic mass is 10.2. The Morgan fingerprint density at radius 2 is 1.83 bits per heavy atom. The van der Waals surface area contributed by atoms with Gasteiger partial charge in [0.2, 0.25) is 5.91 Å². The molecule has 0 fully saturated rings. The van der Waals surface area contributed by atoms with Crippen molar-refractivity contribution in [3.63, 3.8) is 0 Å². The van der Waals surface area contributed by atoms with Gasteiger partial charge in [0.1, 0.15) is 10.7 Å². The molecule has 1 aliphatic heterocycles. The highest BCUT2D eigenvalue weighted by molar-refractivity contribution is 7.90. The maximum absolute atomic E-state index is 12.1. The zero-order chi connectivity index (χ0) is 17.2. The number of hydrogen-bond acceptors (Lipinski definition) is 4. The van der Waals surface area contributed by atoms with Crippen molar-refractivity contribution in [1.29, 1.82) is 0 Å². The van der Waals surface area contributed by atoms with Crippen LogP contribution in [0.25, 0.3) is 0 Å². The largest absolute Gasteiger partial charge is 0.342 e. The van der Waals surface area contributed by atoms with E-state index in [1.165, 1.54) is 6.07 Å². The zero-order valence-electron chi connectivity index (χ0n) is 13.1. The number of nitrogens with one attached hydrogen (secondary N) is 2. The van der Waals surface area contributed by atoms with Gasteiger partial charge in [-0.3, -0.25) is 4.79 Å². The van der Waals surface area contributed by atoms with Crippen LogP contribution in [0.5, 0.6) is 0 Å². The Morgan fingerprint density at radius 3 is 2.62 bits per heavy atom. The first-order chi connectivity index (χ1) is 11.5. The summed E-state index contributed by atoms with van der Waals surface area (Å²) in [6.07, 6.45) is 0.350. The lowest BCUT2D eigenvalue weighted by molar-refractivity contribution is -0.116. The van der Waals surface area contributed by atoms with Crippen LogP contribution in [0.2, 0.25) is 0 Å². The molecule has 0 saturated carbocycles. The maximum atomic E-state index is 12.1. The van der Waals surface area contributed by atoms with Crippen molar-refractivity contribution in [1.82, 2.24) is 0 Å². The molecule has 7 heteroatoms. The molecule has 0 unspecified atom stereocenters. The summed E-state index contributed by atoms with van der Waals surface area (Å²) in [7, 11) is -3.71. The van der Waals surface area contributed by atoms with Gasteiger partial charge in [-0.2, -0.15) is 8.42 Å². The van der Waals surface area contributed by atoms with E-state index in [1.54, 1.807) is 18.2 Å². The fourth-order valence-corrected chi connectivity index (χ4v) is 3.61. The number of amidine groups is 1. The van der Waals surface area contributed by atoms with Crippen LogP contribution in [0.1, 0.15) is 18.4 Å². The van der Waals surface area contributed by atoms with Gasteiger partial charge < -0.3 is 10.6 Å². The predicted molar refractivity (Wildman–Crippen MR) is 93.7 cm³/mol. The molecule has 0 bridgehead atoms. The van der Waals surface area contributed by atoms with Gasteiger partial charge in [-0.15, -0.1) is 4.40 Å². The highest BCUT2D eigenvalue weighted by Gasteiger charge is 2.24. The van der Waals surface area contributed by atoms with Crippen LogP contribution in [-0.4, -0.2) is 20.2 Å². The molecule has 6 nitrogen and oxygen atoms in total. The average molecular weight is 343 g/mol. The first-order valence-electron chi connectivity index (χ1n) is 7.51. The minimum atomic E-state index is -3.71. The molecule has 3 rings (SSSR count). The van der Waals surface area contributed by atoms with E-state index >= 15 is 0 Å². The van der Waals surface area contributed by atoms with Gasteiger partial charge in [-0.25, -0.2) is 0 Å². The number of para-hydroxylation sites is 2. The fraction of sp³-hybridized carbons (Fsp3) is 0.176. The maximum Gasteiger partial charge on any atom is 0.286 e. The van der Waals surface area contributed by atoms with Crippen molar-refractivity contribution < 1.29 is 13.2 Å². The summed E-state index contributed by atoms with van der Waals surface area (Å²) < 4.78 is 28.0. The quantitative estimate of drug-likeness (QED) is 0.893. The average Bonchev–Trinajstić information content (AvgIpc) is 2.55. The number of carbonyl (C=O) groups is 1. The van der Waals surface area contributed by atoms with E-state index in [-0.39, 0.29) is 29.5 Å². The normalized spacial score (nSPS) is 15.0. The molecular weight excluding hydrogens is 326 g/mol. The van der Waals surface area contributed by atoms with E-state index in [1.807, 2.05) is 31.2 Å². The molecular formula is C17H17N3O3S. The van der Waals surface area contributed by atoms with Gasteiger partial charge >= 0.3 is 0 Å². The number of aryl methyl sites for hydroxylation is 1. The van der Waals surface area contributed by atoms with Crippen molar-refractivity contribution in [3.05, 3.63) is 54.1 Å². The van der Waals surface area contributed by atoms with Crippen molar-refractivity contribution in [3.8, 4) is 0 Å². The first-order valence-corrected chi connectivity index (χ1v) is 8.95. The second kappa shape index (κ2) is 6.45. The number of hydrogen-bond donors (Lipinski definition) is 2. The topological polar surface area (TPSA) is 87.6 Å². The third-order valence-corrected chi connectivity index (χ3v) is 5.05. The Balaban J connectivity index is 1.67. The Hall–Kier alpha value is -2.67. The molecule has 2 aromatic rings. The van der Waals surface area contributed by atoms with Gasteiger partial charge in [-0.1, -0.05) is 30.3 Å². The lowest BCUT2D eigenvalue weighted by Crippen LogP contribution is -2.23. The highest BCUT2D eigenvalue weighted by atomic mass is 32.2. The second-order valence-electron chi connectivity index (χ2n) is 5.50. The first kappa shape index (κ1) is 16.2. The van der Waals surface area contributed by atoms with Gasteiger partial charge in [0.05, 0.1) is 5.69 Å². The van der Waals surface area contributed by atoms with E-state index in [2.05, 4.69) is 15.0 Å². The number of amides is 1. The number of anilines is 2. The molecule has 2 N–H and O–H groups in total. The second-order valence-corrected chi connectivity index (χ2v) is 7.07. The van der Waals surface area contributed by atoms with Gasteiger partial charge in [-0.05, 0) is 30.7 Å². The molecule has 0 aromatic heterocycles. The van der Waals surface area contributed by atoms with E-state index in [0.29, 0.717) is 5.69 Å². The van der Waals surface area contributed by atoms with Crippen LogP contribution in [-0.2, 0) is 14.8 Å². The van der Waals surface area contributed by atoms with Gasteiger partial charge in [0.15, 0.2) is 0 Å². The number of benzene rings is 2. The van der Waals surface area contributed by atoms with Crippen LogP contribution >= 0.6 is 0 Å². The summed E-state index contributed by atoms with van der Waals surface area (Å²) >= 11 is 0. The number of rotatable bonds is 4. The third-order valence-electron chi connectivity index (χ3n) is 3.68. The van der Waals surface area contributed by atoms with E-state index in [4.69, 9.17) is 0 Å². The van der Waals surface area contributed by atoms with Crippen molar-refractivity contribution in [2.45, 2.75) is 24.7 Å². The summed E-state index contributed by atoms with van der Waals surface area (Å²) in [6, 6.07) is 14.0. The Labute approximate surface area is 140 Å². The molecule has 0 radical (unpaired) electrons. The summed E-state index contributed by atoms with van der Waals surface area (Å²) in [5, 5.41) is 5.79. The smallest absolute Gasteiger partial charge is 0.286 e. The molecule has 1 heterocycles. The predicted octanol–water partition coefficient (Wildman–Crippen LogP) is 2.93. The minimum absolute atomic E-state index is 0.137. The Kier molecular flexibility index (Phi) is 4.35. The molecule has 24 heavy (non-hydrogen) atoms. The number of carbonyl (C=O) groups excluding carboxylic acids is 1. The third kappa shape index (κ3) is 3.46. The summed E-state index contributed by atoms with van der Waals surface area (Å²) in [5.74, 6) is 0.0821. The molecule has 0 atom stereocenters. The molecule has 1 amide bonds. The highest BCUT2D eigenvalue weighted by Crippen LogP contribution is 2.27. The van der Waals surface area contributed by atoms with E-state index < -0.39 is 10.0 Å². The zero-order valence-corrected chi connectivity index (χ0v) is 13.9. The number of nitrogens with zero attached hydrogens (tertiary/aromatic N) is 1. The molecule has 1 aliphatic rings. The van der Waals surface area contributed by atoms with Crippen molar-refractivity contribution in [2.75, 3.05) is 10.6 Å². The number of sulfonamides is 1. The van der Waals surface area contributed by atoms with E-state index in [9.17, 15) is 13.2 Å². The van der Waals surface area contributed by atoms with Crippen molar-refractivity contribution in [2.24, 2.45) is 4.40 Å². The molecule has 0 spiro atoms.